The summed E-state index contributed by atoms with van der Waals surface area (Å²) in [6.45, 7) is -0.0395. The van der Waals surface area contributed by atoms with Gasteiger partial charge < -0.3 is 9.32 Å². The van der Waals surface area contributed by atoms with E-state index in [2.05, 4.69) is 4.72 Å². The van der Waals surface area contributed by atoms with E-state index in [0.29, 0.717) is 11.8 Å². The lowest BCUT2D eigenvalue weighted by Gasteiger charge is -2.20. The number of hydrogen-bond donors (Lipinski definition) is 2. The Morgan fingerprint density at radius 2 is 1.96 bits per heavy atom. The van der Waals surface area contributed by atoms with E-state index in [4.69, 9.17) is 16.0 Å². The van der Waals surface area contributed by atoms with Crippen molar-refractivity contribution in [3.8, 4) is 0 Å². The van der Waals surface area contributed by atoms with Gasteiger partial charge in [-0.25, -0.2) is 13.1 Å². The van der Waals surface area contributed by atoms with Crippen molar-refractivity contribution in [3.05, 3.63) is 52.9 Å². The van der Waals surface area contributed by atoms with Crippen molar-refractivity contribution in [2.75, 3.05) is 20.6 Å². The molecule has 0 bridgehead atoms. The van der Waals surface area contributed by atoms with Gasteiger partial charge in [-0.1, -0.05) is 11.6 Å². The van der Waals surface area contributed by atoms with Gasteiger partial charge in [-0.05, 0) is 30.3 Å². The van der Waals surface area contributed by atoms with E-state index in [1.165, 1.54) is 6.26 Å². The topological polar surface area (TPSA) is 63.8 Å². The molecule has 1 heterocycles. The second kappa shape index (κ2) is 7.36. The number of alkyl halides is 3. The van der Waals surface area contributed by atoms with Gasteiger partial charge in [0.2, 0.25) is 10.0 Å². The third kappa shape index (κ3) is 4.75. The molecule has 0 aliphatic carbocycles. The zero-order chi connectivity index (χ0) is 18.8. The van der Waals surface area contributed by atoms with Crippen molar-refractivity contribution >= 4 is 21.6 Å². The average molecular weight is 398 g/mol. The minimum Gasteiger partial charge on any atom is -0.463 e. The smallest absolute Gasteiger partial charge is 0.417 e. The summed E-state index contributed by atoms with van der Waals surface area (Å²) >= 11 is 5.52. The van der Waals surface area contributed by atoms with Gasteiger partial charge >= 0.3 is 6.18 Å². The standard InChI is InChI=1S/C15H16ClF3N2O3S/c1-21(2)13(14-4-3-7-24-14)9-20-25(22,23)10-5-6-12(16)11(8-10)15(17,18)19/h3-8,13,20H,9H2,1-2H3/p+1/t13-/m0/s1. The predicted octanol–water partition coefficient (Wildman–Crippen LogP) is 2.12. The number of sulfonamides is 1. The molecule has 1 aromatic heterocycles. The molecule has 138 valence electrons. The summed E-state index contributed by atoms with van der Waals surface area (Å²) in [7, 11) is -0.521. The van der Waals surface area contributed by atoms with Crippen LogP contribution in [0.2, 0.25) is 5.02 Å². The van der Waals surface area contributed by atoms with E-state index in [0.717, 1.165) is 17.0 Å². The molecule has 2 N–H and O–H groups in total. The lowest BCUT2D eigenvalue weighted by Crippen LogP contribution is -3.07. The fourth-order valence-corrected chi connectivity index (χ4v) is 3.54. The van der Waals surface area contributed by atoms with Crippen LogP contribution in [-0.2, 0) is 16.2 Å². The molecule has 0 saturated carbocycles. The van der Waals surface area contributed by atoms with E-state index >= 15 is 0 Å². The number of nitrogens with one attached hydrogen (secondary N) is 2. The van der Waals surface area contributed by atoms with Crippen LogP contribution < -0.4 is 9.62 Å². The summed E-state index contributed by atoms with van der Waals surface area (Å²) in [5.41, 5.74) is -1.20. The van der Waals surface area contributed by atoms with Crippen LogP contribution in [0.1, 0.15) is 17.4 Å². The van der Waals surface area contributed by atoms with E-state index in [1.807, 2.05) is 14.1 Å². The minimum atomic E-state index is -4.74. The maximum atomic E-state index is 12.9. The van der Waals surface area contributed by atoms with E-state index in [1.54, 1.807) is 12.1 Å². The van der Waals surface area contributed by atoms with Crippen molar-refractivity contribution < 1.29 is 30.9 Å². The molecule has 0 aliphatic heterocycles. The van der Waals surface area contributed by atoms with Crippen LogP contribution in [0.5, 0.6) is 0 Å². The van der Waals surface area contributed by atoms with Crippen LogP contribution in [0.3, 0.4) is 0 Å². The Kier molecular flexibility index (Phi) is 5.82. The number of furan rings is 1. The Morgan fingerprint density at radius 1 is 1.28 bits per heavy atom. The van der Waals surface area contributed by atoms with Gasteiger partial charge in [0.05, 0.1) is 42.4 Å². The van der Waals surface area contributed by atoms with Crippen molar-refractivity contribution in [1.82, 2.24) is 4.72 Å². The molecule has 0 aliphatic rings. The summed E-state index contributed by atoms with van der Waals surface area (Å²) in [6.07, 6.45) is -3.28. The first-order chi connectivity index (χ1) is 11.5. The average Bonchev–Trinajstić information content (AvgIpc) is 3.00. The molecule has 0 spiro atoms. The number of halogens is 4. The van der Waals surface area contributed by atoms with E-state index < -0.39 is 31.7 Å². The van der Waals surface area contributed by atoms with Crippen molar-refractivity contribution in [3.63, 3.8) is 0 Å². The molecule has 2 rings (SSSR count). The monoisotopic (exact) mass is 397 g/mol. The summed E-state index contributed by atoms with van der Waals surface area (Å²) in [5, 5.41) is -0.558. The van der Waals surface area contributed by atoms with Crippen molar-refractivity contribution in [1.29, 1.82) is 0 Å². The first-order valence-electron chi connectivity index (χ1n) is 7.22. The summed E-state index contributed by atoms with van der Waals surface area (Å²) in [6, 6.07) is 5.52. The summed E-state index contributed by atoms with van der Waals surface area (Å²) < 4.78 is 71.0. The molecule has 0 unspecified atom stereocenters. The zero-order valence-corrected chi connectivity index (χ0v) is 15.0. The molecule has 5 nitrogen and oxygen atoms in total. The molecule has 0 saturated heterocycles. The SMILES string of the molecule is C[NH+](C)[C@@H](CNS(=O)(=O)c1ccc(Cl)c(C(F)(F)F)c1)c1ccco1. The zero-order valence-electron chi connectivity index (χ0n) is 13.4. The third-order valence-electron chi connectivity index (χ3n) is 3.61. The summed E-state index contributed by atoms with van der Waals surface area (Å²) in [5.74, 6) is 0.565. The molecular weight excluding hydrogens is 381 g/mol. The number of benzene rings is 1. The van der Waals surface area contributed by atoms with E-state index in [9.17, 15) is 21.6 Å². The van der Waals surface area contributed by atoms with Crippen LogP contribution in [-0.4, -0.2) is 29.1 Å². The maximum absolute atomic E-state index is 12.9. The molecule has 1 aromatic carbocycles. The first kappa shape index (κ1) is 19.8. The third-order valence-corrected chi connectivity index (χ3v) is 5.37. The Morgan fingerprint density at radius 3 is 2.48 bits per heavy atom. The Bertz CT molecular complexity index is 821. The number of rotatable bonds is 6. The van der Waals surface area contributed by atoms with Crippen LogP contribution in [0, 0.1) is 0 Å². The normalized spacial score (nSPS) is 14.0. The second-order valence-corrected chi connectivity index (χ2v) is 7.81. The Balaban J connectivity index is 2.25. The molecular formula is C15H17ClF3N2O3S+. The molecule has 25 heavy (non-hydrogen) atoms. The second-order valence-electron chi connectivity index (χ2n) is 5.64. The molecule has 1 atom stereocenters. The van der Waals surface area contributed by atoms with Gasteiger partial charge in [0, 0.05) is 0 Å². The highest BCUT2D eigenvalue weighted by Crippen LogP contribution is 2.35. The molecule has 2 aromatic rings. The van der Waals surface area contributed by atoms with Crippen molar-refractivity contribution in [2.45, 2.75) is 17.1 Å². The van der Waals surface area contributed by atoms with Gasteiger partial charge in [-0.2, -0.15) is 13.2 Å². The van der Waals surface area contributed by atoms with Crippen LogP contribution in [0.25, 0.3) is 0 Å². The Hall–Kier alpha value is -1.55. The molecule has 0 amide bonds. The quantitative estimate of drug-likeness (QED) is 0.784. The van der Waals surface area contributed by atoms with Crippen LogP contribution >= 0.6 is 11.6 Å². The lowest BCUT2D eigenvalue weighted by molar-refractivity contribution is -0.891. The highest BCUT2D eigenvalue weighted by molar-refractivity contribution is 7.89. The maximum Gasteiger partial charge on any atom is 0.417 e. The van der Waals surface area contributed by atoms with E-state index in [-0.39, 0.29) is 12.6 Å². The van der Waals surface area contributed by atoms with Gasteiger partial charge in [0.25, 0.3) is 0 Å². The van der Waals surface area contributed by atoms with Gasteiger partial charge in [0.1, 0.15) is 0 Å². The predicted molar refractivity (Wildman–Crippen MR) is 85.9 cm³/mol. The van der Waals surface area contributed by atoms with Crippen LogP contribution in [0.15, 0.2) is 45.9 Å². The minimum absolute atomic E-state index is 0.0395. The number of hydrogen-bond acceptors (Lipinski definition) is 3. The van der Waals surface area contributed by atoms with Crippen molar-refractivity contribution in [2.24, 2.45) is 0 Å². The highest BCUT2D eigenvalue weighted by Gasteiger charge is 2.34. The fraction of sp³-hybridized carbons (Fsp3) is 0.333. The highest BCUT2D eigenvalue weighted by atomic mass is 35.5. The lowest BCUT2D eigenvalue weighted by atomic mass is 10.2. The number of likely N-dealkylation sites (N-methyl/N-ethyl adjacent to an activating group) is 1. The Labute approximate surface area is 148 Å². The molecule has 0 fully saturated rings. The fourth-order valence-electron chi connectivity index (χ4n) is 2.24. The van der Waals surface area contributed by atoms with Crippen LogP contribution in [0.4, 0.5) is 13.2 Å². The number of quaternary nitrogens is 1. The summed E-state index contributed by atoms with van der Waals surface area (Å²) in [4.78, 5) is 0.390. The first-order valence-corrected chi connectivity index (χ1v) is 9.08. The molecule has 10 heteroatoms. The van der Waals surface area contributed by atoms with Gasteiger partial charge in [-0.15, -0.1) is 0 Å². The molecule has 0 radical (unpaired) electrons. The van der Waals surface area contributed by atoms with Gasteiger partial charge in [0.15, 0.2) is 11.8 Å². The van der Waals surface area contributed by atoms with Gasteiger partial charge in [-0.3, -0.25) is 0 Å². The largest absolute Gasteiger partial charge is 0.463 e.